The largest absolute Gasteiger partial charge is 0.488 e. The van der Waals surface area contributed by atoms with E-state index in [1.807, 2.05) is 60.7 Å². The second-order valence-electron chi connectivity index (χ2n) is 8.47. The van der Waals surface area contributed by atoms with Crippen molar-refractivity contribution in [3.05, 3.63) is 114 Å². The van der Waals surface area contributed by atoms with Gasteiger partial charge in [-0.3, -0.25) is 9.78 Å². The van der Waals surface area contributed by atoms with Crippen LogP contribution in [-0.4, -0.2) is 25.4 Å². The van der Waals surface area contributed by atoms with Crippen LogP contribution in [0.25, 0.3) is 11.1 Å². The number of carbonyl (C=O) groups excluding carboxylic acids is 1. The van der Waals surface area contributed by atoms with Gasteiger partial charge in [-0.1, -0.05) is 60.7 Å². The molecule has 4 aromatic rings. The van der Waals surface area contributed by atoms with Gasteiger partial charge in [0.05, 0.1) is 4.90 Å². The van der Waals surface area contributed by atoms with E-state index >= 15 is 0 Å². The number of aryl methyl sites for hydroxylation is 1. The number of rotatable bonds is 10. The van der Waals surface area contributed by atoms with Crippen molar-refractivity contribution in [3.8, 4) is 16.9 Å². The molecule has 0 aliphatic rings. The Balaban J connectivity index is 1.35. The number of carbonyl (C=O) groups is 1. The molecule has 6 heteroatoms. The second kappa shape index (κ2) is 11.1. The molecular formula is C29H27NO4S. The summed E-state index contributed by atoms with van der Waals surface area (Å²) in [5.74, 6) is 0.919. The molecule has 35 heavy (non-hydrogen) atoms. The number of hydrogen-bond acceptors (Lipinski definition) is 5. The van der Waals surface area contributed by atoms with Gasteiger partial charge in [-0.05, 0) is 52.9 Å². The third-order valence-electron chi connectivity index (χ3n) is 5.71. The molecule has 0 atom stereocenters. The zero-order valence-corrected chi connectivity index (χ0v) is 20.4. The number of ketones is 1. The summed E-state index contributed by atoms with van der Waals surface area (Å²) in [5, 5.41) is 0. The highest BCUT2D eigenvalue weighted by molar-refractivity contribution is 7.90. The number of aromatic nitrogens is 1. The van der Waals surface area contributed by atoms with Gasteiger partial charge < -0.3 is 4.74 Å². The molecule has 0 saturated heterocycles. The van der Waals surface area contributed by atoms with Crippen LogP contribution in [0.4, 0.5) is 0 Å². The lowest BCUT2D eigenvalue weighted by molar-refractivity contribution is -0.118. The van der Waals surface area contributed by atoms with Crippen LogP contribution in [0.5, 0.6) is 5.75 Å². The van der Waals surface area contributed by atoms with Gasteiger partial charge in [0.2, 0.25) is 0 Å². The van der Waals surface area contributed by atoms with Crippen molar-refractivity contribution in [2.75, 3.05) is 6.26 Å². The van der Waals surface area contributed by atoms with E-state index in [0.29, 0.717) is 31.6 Å². The molecule has 3 aromatic carbocycles. The van der Waals surface area contributed by atoms with Gasteiger partial charge in [-0.25, -0.2) is 8.42 Å². The summed E-state index contributed by atoms with van der Waals surface area (Å²) in [7, 11) is -3.24. The number of hydrogen-bond donors (Lipinski definition) is 0. The third-order valence-corrected chi connectivity index (χ3v) is 6.84. The molecule has 0 aliphatic carbocycles. The van der Waals surface area contributed by atoms with Crippen LogP contribution in [0.15, 0.2) is 102 Å². The Morgan fingerprint density at radius 1 is 0.829 bits per heavy atom. The quantitative estimate of drug-likeness (QED) is 0.298. The first-order valence-corrected chi connectivity index (χ1v) is 13.3. The van der Waals surface area contributed by atoms with E-state index < -0.39 is 9.84 Å². The highest BCUT2D eigenvalue weighted by atomic mass is 32.2. The van der Waals surface area contributed by atoms with Gasteiger partial charge in [-0.15, -0.1) is 0 Å². The summed E-state index contributed by atoms with van der Waals surface area (Å²) >= 11 is 0. The van der Waals surface area contributed by atoms with Crippen molar-refractivity contribution in [1.82, 2.24) is 4.98 Å². The van der Waals surface area contributed by atoms with E-state index in [0.717, 1.165) is 27.8 Å². The average Bonchev–Trinajstić information content (AvgIpc) is 2.87. The SMILES string of the molecule is CS(=O)(=O)c1ccc(-c2ccccc2OCc2ccc(CC(=O)CCc3cccnc3)cc2)cc1. The maximum absolute atomic E-state index is 12.4. The van der Waals surface area contributed by atoms with Crippen LogP contribution in [0.2, 0.25) is 0 Å². The molecule has 0 radical (unpaired) electrons. The molecule has 0 bridgehead atoms. The van der Waals surface area contributed by atoms with Crippen molar-refractivity contribution < 1.29 is 17.9 Å². The molecule has 5 nitrogen and oxygen atoms in total. The van der Waals surface area contributed by atoms with E-state index in [1.165, 1.54) is 6.26 Å². The van der Waals surface area contributed by atoms with Gasteiger partial charge in [0, 0.05) is 37.1 Å². The summed E-state index contributed by atoms with van der Waals surface area (Å²) < 4.78 is 29.6. The van der Waals surface area contributed by atoms with Gasteiger partial charge >= 0.3 is 0 Å². The fourth-order valence-electron chi connectivity index (χ4n) is 3.77. The molecule has 4 rings (SSSR count). The van der Waals surface area contributed by atoms with Crippen LogP contribution in [0.3, 0.4) is 0 Å². The first kappa shape index (κ1) is 24.4. The van der Waals surface area contributed by atoms with E-state index in [9.17, 15) is 13.2 Å². The minimum absolute atomic E-state index is 0.202. The normalized spacial score (nSPS) is 11.2. The number of para-hydroxylation sites is 1. The van der Waals surface area contributed by atoms with Gasteiger partial charge in [-0.2, -0.15) is 0 Å². The minimum Gasteiger partial charge on any atom is -0.488 e. The Morgan fingerprint density at radius 3 is 2.23 bits per heavy atom. The molecular weight excluding hydrogens is 458 g/mol. The van der Waals surface area contributed by atoms with Crippen LogP contribution < -0.4 is 4.74 Å². The molecule has 0 spiro atoms. The Hall–Kier alpha value is -3.77. The highest BCUT2D eigenvalue weighted by Crippen LogP contribution is 2.31. The van der Waals surface area contributed by atoms with Crippen molar-refractivity contribution in [2.24, 2.45) is 0 Å². The molecule has 0 N–H and O–H groups in total. The van der Waals surface area contributed by atoms with Gasteiger partial charge in [0.1, 0.15) is 18.1 Å². The lowest BCUT2D eigenvalue weighted by Gasteiger charge is -2.12. The second-order valence-corrected chi connectivity index (χ2v) is 10.5. The third kappa shape index (κ3) is 6.87. The van der Waals surface area contributed by atoms with Crippen molar-refractivity contribution in [2.45, 2.75) is 30.8 Å². The Labute approximate surface area is 206 Å². The lowest BCUT2D eigenvalue weighted by Crippen LogP contribution is -2.05. The van der Waals surface area contributed by atoms with E-state index in [-0.39, 0.29) is 10.7 Å². The van der Waals surface area contributed by atoms with Crippen molar-refractivity contribution in [3.63, 3.8) is 0 Å². The van der Waals surface area contributed by atoms with Gasteiger partial charge in [0.25, 0.3) is 0 Å². The van der Waals surface area contributed by atoms with Crippen LogP contribution in [0.1, 0.15) is 23.1 Å². The van der Waals surface area contributed by atoms with Crippen LogP contribution in [-0.2, 0) is 34.1 Å². The maximum Gasteiger partial charge on any atom is 0.175 e. The zero-order chi connectivity index (χ0) is 24.7. The minimum atomic E-state index is -3.24. The first-order chi connectivity index (χ1) is 16.9. The Kier molecular flexibility index (Phi) is 7.73. The topological polar surface area (TPSA) is 73.3 Å². The molecule has 178 valence electrons. The molecule has 0 saturated carbocycles. The zero-order valence-electron chi connectivity index (χ0n) is 19.6. The van der Waals surface area contributed by atoms with E-state index in [4.69, 9.17) is 4.74 Å². The maximum atomic E-state index is 12.4. The smallest absolute Gasteiger partial charge is 0.175 e. The first-order valence-electron chi connectivity index (χ1n) is 11.4. The lowest BCUT2D eigenvalue weighted by atomic mass is 10.0. The number of benzene rings is 3. The monoisotopic (exact) mass is 485 g/mol. The predicted octanol–water partition coefficient (Wildman–Crippen LogP) is 5.48. The fraction of sp³-hybridized carbons (Fsp3) is 0.172. The van der Waals surface area contributed by atoms with E-state index in [2.05, 4.69) is 4.98 Å². The molecule has 0 amide bonds. The van der Waals surface area contributed by atoms with E-state index in [1.54, 1.807) is 36.7 Å². The Morgan fingerprint density at radius 2 is 1.54 bits per heavy atom. The number of sulfone groups is 1. The van der Waals surface area contributed by atoms with Crippen LogP contribution in [0, 0.1) is 0 Å². The molecule has 1 heterocycles. The average molecular weight is 486 g/mol. The standard InChI is InChI=1S/C29H27NO4S/c1-35(32,33)27-16-13-25(14-17-27)28-6-2-3-7-29(28)34-21-24-10-8-22(9-11-24)19-26(31)15-12-23-5-4-18-30-20-23/h2-11,13-14,16-18,20H,12,15,19,21H2,1H3. The van der Waals surface area contributed by atoms with Gasteiger partial charge in [0.15, 0.2) is 9.84 Å². The predicted molar refractivity (Wildman–Crippen MR) is 137 cm³/mol. The summed E-state index contributed by atoms with van der Waals surface area (Å²) in [6.45, 7) is 0.383. The van der Waals surface area contributed by atoms with Crippen LogP contribution >= 0.6 is 0 Å². The number of nitrogens with zero attached hydrogens (tertiary/aromatic N) is 1. The number of pyridine rings is 1. The van der Waals surface area contributed by atoms with Crippen molar-refractivity contribution >= 4 is 15.6 Å². The molecule has 0 unspecified atom stereocenters. The van der Waals surface area contributed by atoms with Crippen molar-refractivity contribution in [1.29, 1.82) is 0 Å². The molecule has 0 aliphatic heterocycles. The highest BCUT2D eigenvalue weighted by Gasteiger charge is 2.10. The number of Topliss-reactive ketones (excluding diaryl/α,β-unsaturated/α-hetero) is 1. The summed E-state index contributed by atoms with van der Waals surface area (Å²) in [5.41, 5.74) is 4.83. The fourth-order valence-corrected chi connectivity index (χ4v) is 4.40. The summed E-state index contributed by atoms with van der Waals surface area (Å²) in [6.07, 6.45) is 6.34. The number of ether oxygens (including phenoxy) is 1. The summed E-state index contributed by atoms with van der Waals surface area (Å²) in [6, 6.07) is 26.2. The Bertz CT molecular complexity index is 1380. The molecule has 1 aromatic heterocycles. The molecule has 0 fully saturated rings. The summed E-state index contributed by atoms with van der Waals surface area (Å²) in [4.78, 5) is 16.7.